The maximum absolute atomic E-state index is 12.8. The maximum atomic E-state index is 12.8. The number of rotatable bonds is 7. The molecule has 166 valence electrons. The van der Waals surface area contributed by atoms with Gasteiger partial charge in [-0.05, 0) is 35.7 Å². The zero-order valence-corrected chi connectivity index (χ0v) is 19.8. The number of alkyl halides is 3. The van der Waals surface area contributed by atoms with E-state index < -0.39 is 21.6 Å². The largest absolute Gasteiger partial charge is 0.416 e. The van der Waals surface area contributed by atoms with Gasteiger partial charge in [0.25, 0.3) is 0 Å². The summed E-state index contributed by atoms with van der Waals surface area (Å²) in [5.74, 6) is 0.465. The standard InChI is InChI=1S/C20H24F3N3O2S.HI/c1-3-24-19(26-13-17-5-4-6-18(11-17)20(21,22)23)25-12-15-7-9-16(10-8-15)14-29(2,27)28;/h4-11H,3,12-14H2,1-2H3,(H2,24,25,26);1H. The molecule has 0 aliphatic carbocycles. The Bertz CT molecular complexity index is 947. The maximum Gasteiger partial charge on any atom is 0.416 e. The second-order valence-corrected chi connectivity index (χ2v) is 8.77. The quantitative estimate of drug-likeness (QED) is 0.307. The highest BCUT2D eigenvalue weighted by Gasteiger charge is 2.30. The van der Waals surface area contributed by atoms with E-state index in [1.165, 1.54) is 12.3 Å². The molecule has 0 saturated carbocycles. The average molecular weight is 555 g/mol. The molecule has 2 rings (SSSR count). The van der Waals surface area contributed by atoms with Crippen LogP contribution in [0.1, 0.15) is 29.2 Å². The first-order valence-electron chi connectivity index (χ1n) is 9.00. The molecule has 0 aromatic heterocycles. The molecule has 0 atom stereocenters. The molecule has 0 bridgehead atoms. The average Bonchev–Trinajstić information content (AvgIpc) is 2.63. The van der Waals surface area contributed by atoms with Crippen molar-refractivity contribution >= 4 is 39.8 Å². The number of sulfone groups is 1. The number of nitrogens with one attached hydrogen (secondary N) is 2. The van der Waals surface area contributed by atoms with Crippen LogP contribution in [-0.2, 0) is 34.9 Å². The minimum absolute atomic E-state index is 0. The first kappa shape index (κ1) is 26.2. The molecule has 2 N–H and O–H groups in total. The second-order valence-electron chi connectivity index (χ2n) is 6.63. The van der Waals surface area contributed by atoms with Crippen LogP contribution in [0.5, 0.6) is 0 Å². The van der Waals surface area contributed by atoms with Crippen LogP contribution in [0.25, 0.3) is 0 Å². The molecule has 0 spiro atoms. The molecule has 0 saturated heterocycles. The Kier molecular flexibility index (Phi) is 10.1. The van der Waals surface area contributed by atoms with Crippen molar-refractivity contribution in [2.24, 2.45) is 4.99 Å². The molecule has 2 aromatic carbocycles. The highest BCUT2D eigenvalue weighted by atomic mass is 127. The number of nitrogens with zero attached hydrogens (tertiary/aromatic N) is 1. The van der Waals surface area contributed by atoms with Crippen LogP contribution in [0.2, 0.25) is 0 Å². The third-order valence-corrected chi connectivity index (χ3v) is 4.79. The van der Waals surface area contributed by atoms with Gasteiger partial charge in [0.15, 0.2) is 15.8 Å². The van der Waals surface area contributed by atoms with Crippen LogP contribution in [0.15, 0.2) is 53.5 Å². The first-order chi connectivity index (χ1) is 13.6. The minimum Gasteiger partial charge on any atom is -0.357 e. The molecule has 0 radical (unpaired) electrons. The van der Waals surface area contributed by atoms with Crippen molar-refractivity contribution in [2.45, 2.75) is 31.9 Å². The third-order valence-electron chi connectivity index (χ3n) is 3.93. The van der Waals surface area contributed by atoms with Gasteiger partial charge in [-0.3, -0.25) is 0 Å². The van der Waals surface area contributed by atoms with Crippen LogP contribution in [0.4, 0.5) is 13.2 Å². The van der Waals surface area contributed by atoms with E-state index in [1.807, 2.05) is 19.1 Å². The molecule has 0 amide bonds. The Morgan fingerprint density at radius 2 is 1.63 bits per heavy atom. The normalized spacial score (nSPS) is 12.2. The summed E-state index contributed by atoms with van der Waals surface area (Å²) in [6, 6.07) is 12.2. The predicted molar refractivity (Wildman–Crippen MR) is 124 cm³/mol. The van der Waals surface area contributed by atoms with E-state index in [9.17, 15) is 21.6 Å². The van der Waals surface area contributed by atoms with Crippen LogP contribution >= 0.6 is 24.0 Å². The topological polar surface area (TPSA) is 70.6 Å². The predicted octanol–water partition coefficient (Wildman–Crippen LogP) is 4.12. The zero-order chi connectivity index (χ0) is 21.5. The van der Waals surface area contributed by atoms with Crippen molar-refractivity contribution in [1.29, 1.82) is 0 Å². The van der Waals surface area contributed by atoms with Crippen LogP contribution in [0, 0.1) is 0 Å². The Labute approximate surface area is 192 Å². The summed E-state index contributed by atoms with van der Waals surface area (Å²) < 4.78 is 61.1. The lowest BCUT2D eigenvalue weighted by Crippen LogP contribution is -2.36. The van der Waals surface area contributed by atoms with Gasteiger partial charge in [-0.1, -0.05) is 36.4 Å². The fourth-order valence-corrected chi connectivity index (χ4v) is 3.40. The fraction of sp³-hybridized carbons (Fsp3) is 0.350. The molecule has 0 heterocycles. The van der Waals surface area contributed by atoms with Gasteiger partial charge in [0.05, 0.1) is 17.9 Å². The SMILES string of the molecule is CCNC(=NCc1cccc(C(F)(F)F)c1)NCc1ccc(CS(C)(=O)=O)cc1.I. The van der Waals surface area contributed by atoms with Crippen molar-refractivity contribution < 1.29 is 21.6 Å². The summed E-state index contributed by atoms with van der Waals surface area (Å²) in [7, 11) is -3.08. The molecule has 0 fully saturated rings. The summed E-state index contributed by atoms with van der Waals surface area (Å²) >= 11 is 0. The Morgan fingerprint density at radius 1 is 1.00 bits per heavy atom. The monoisotopic (exact) mass is 555 g/mol. The lowest BCUT2D eigenvalue weighted by atomic mass is 10.1. The second kappa shape index (κ2) is 11.5. The van der Waals surface area contributed by atoms with E-state index in [1.54, 1.807) is 18.2 Å². The van der Waals surface area contributed by atoms with E-state index in [-0.39, 0.29) is 36.3 Å². The fourth-order valence-electron chi connectivity index (χ4n) is 2.60. The molecular formula is C20H25F3IN3O2S. The molecule has 30 heavy (non-hydrogen) atoms. The van der Waals surface area contributed by atoms with Crippen LogP contribution in [-0.4, -0.2) is 27.2 Å². The molecule has 10 heteroatoms. The number of aliphatic imine (C=N–C) groups is 1. The summed E-state index contributed by atoms with van der Waals surface area (Å²) in [6.07, 6.45) is -3.20. The van der Waals surface area contributed by atoms with Crippen molar-refractivity contribution in [2.75, 3.05) is 12.8 Å². The summed E-state index contributed by atoms with van der Waals surface area (Å²) in [5.41, 5.74) is 1.40. The van der Waals surface area contributed by atoms with Crippen molar-refractivity contribution in [1.82, 2.24) is 10.6 Å². The minimum atomic E-state index is -4.38. The van der Waals surface area contributed by atoms with E-state index in [4.69, 9.17) is 0 Å². The molecular weight excluding hydrogens is 530 g/mol. The van der Waals surface area contributed by atoms with Crippen LogP contribution in [0.3, 0.4) is 0 Å². The molecule has 2 aromatic rings. The summed E-state index contributed by atoms with van der Waals surface area (Å²) in [5, 5.41) is 6.17. The number of guanidine groups is 1. The van der Waals surface area contributed by atoms with Crippen molar-refractivity contribution in [3.05, 3.63) is 70.8 Å². The lowest BCUT2D eigenvalue weighted by molar-refractivity contribution is -0.137. The molecule has 5 nitrogen and oxygen atoms in total. The molecule has 0 aliphatic rings. The van der Waals surface area contributed by atoms with Gasteiger partial charge >= 0.3 is 6.18 Å². The summed E-state index contributed by atoms with van der Waals surface area (Å²) in [6.45, 7) is 3.03. The van der Waals surface area contributed by atoms with E-state index >= 15 is 0 Å². The Morgan fingerprint density at radius 3 is 2.20 bits per heavy atom. The van der Waals surface area contributed by atoms with Gasteiger partial charge in [-0.2, -0.15) is 13.2 Å². The van der Waals surface area contributed by atoms with Gasteiger partial charge in [0.2, 0.25) is 0 Å². The van der Waals surface area contributed by atoms with Gasteiger partial charge < -0.3 is 10.6 Å². The van der Waals surface area contributed by atoms with Gasteiger partial charge in [0.1, 0.15) is 0 Å². The highest BCUT2D eigenvalue weighted by Crippen LogP contribution is 2.29. The number of hydrogen-bond acceptors (Lipinski definition) is 3. The first-order valence-corrected chi connectivity index (χ1v) is 11.1. The van der Waals surface area contributed by atoms with Gasteiger partial charge in [-0.25, -0.2) is 13.4 Å². The Hall–Kier alpha value is -1.82. The molecule has 0 aliphatic heterocycles. The van der Waals surface area contributed by atoms with Gasteiger partial charge in [-0.15, -0.1) is 24.0 Å². The number of halogens is 4. The lowest BCUT2D eigenvalue weighted by Gasteiger charge is -2.12. The zero-order valence-electron chi connectivity index (χ0n) is 16.7. The van der Waals surface area contributed by atoms with E-state index in [0.29, 0.717) is 30.2 Å². The smallest absolute Gasteiger partial charge is 0.357 e. The highest BCUT2D eigenvalue weighted by molar-refractivity contribution is 14.0. The summed E-state index contributed by atoms with van der Waals surface area (Å²) in [4.78, 5) is 4.34. The number of benzene rings is 2. The van der Waals surface area contributed by atoms with Crippen molar-refractivity contribution in [3.63, 3.8) is 0 Å². The Balaban J connectivity index is 0.00000450. The van der Waals surface area contributed by atoms with Crippen molar-refractivity contribution in [3.8, 4) is 0 Å². The van der Waals surface area contributed by atoms with Crippen LogP contribution < -0.4 is 10.6 Å². The van der Waals surface area contributed by atoms with E-state index in [2.05, 4.69) is 15.6 Å². The molecule has 0 unspecified atom stereocenters. The number of hydrogen-bond donors (Lipinski definition) is 2. The van der Waals surface area contributed by atoms with Gasteiger partial charge in [0, 0.05) is 19.3 Å². The van der Waals surface area contributed by atoms with E-state index in [0.717, 1.165) is 17.7 Å². The third kappa shape index (κ3) is 9.33.